The number of amides is 1. The maximum atomic E-state index is 13.2. The third-order valence-corrected chi connectivity index (χ3v) is 3.01. The molecule has 0 saturated heterocycles. The van der Waals surface area contributed by atoms with Gasteiger partial charge in [0, 0.05) is 17.3 Å². The van der Waals surface area contributed by atoms with Gasteiger partial charge >= 0.3 is 0 Å². The molecule has 0 spiro atoms. The number of carbonyl (C=O) groups excluding carboxylic acids is 1. The summed E-state index contributed by atoms with van der Waals surface area (Å²) in [5, 5.41) is 2.79. The van der Waals surface area contributed by atoms with Crippen LogP contribution in [-0.2, 0) is 0 Å². The summed E-state index contributed by atoms with van der Waals surface area (Å²) in [6, 6.07) is 8.42. The lowest BCUT2D eigenvalue weighted by molar-refractivity contribution is 0.102. The van der Waals surface area contributed by atoms with Gasteiger partial charge in [0.05, 0.1) is 17.3 Å². The number of carbonyl (C=O) groups is 1. The van der Waals surface area contributed by atoms with E-state index in [1.807, 2.05) is 6.92 Å². The van der Waals surface area contributed by atoms with Crippen molar-refractivity contribution in [3.63, 3.8) is 0 Å². The Balaban J connectivity index is 2.25. The molecular formula is C15H14ClFN2O2. The molecule has 1 amide bonds. The summed E-state index contributed by atoms with van der Waals surface area (Å²) in [6.07, 6.45) is 0. The van der Waals surface area contributed by atoms with E-state index in [9.17, 15) is 9.18 Å². The standard InChI is InChI=1S/C15H14ClFN2O2/c1-2-21-12-6-9(5-11(18)8-12)15(20)19-14-7-10(17)3-4-13(14)16/h3-8H,2,18H2,1H3,(H,19,20). The van der Waals surface area contributed by atoms with Gasteiger partial charge in [-0.25, -0.2) is 4.39 Å². The van der Waals surface area contributed by atoms with Gasteiger partial charge in [-0.05, 0) is 37.3 Å². The molecule has 0 fully saturated rings. The number of anilines is 2. The Morgan fingerprint density at radius 3 is 2.81 bits per heavy atom. The molecule has 0 unspecified atom stereocenters. The molecule has 21 heavy (non-hydrogen) atoms. The Morgan fingerprint density at radius 2 is 2.10 bits per heavy atom. The SMILES string of the molecule is CCOc1cc(N)cc(C(=O)Nc2cc(F)ccc2Cl)c1. The van der Waals surface area contributed by atoms with Crippen molar-refractivity contribution in [1.29, 1.82) is 0 Å². The van der Waals surface area contributed by atoms with Crippen molar-refractivity contribution in [2.45, 2.75) is 6.92 Å². The van der Waals surface area contributed by atoms with E-state index in [2.05, 4.69) is 5.32 Å². The fourth-order valence-electron chi connectivity index (χ4n) is 1.79. The minimum absolute atomic E-state index is 0.196. The highest BCUT2D eigenvalue weighted by atomic mass is 35.5. The quantitative estimate of drug-likeness (QED) is 0.846. The largest absolute Gasteiger partial charge is 0.494 e. The van der Waals surface area contributed by atoms with E-state index in [1.54, 1.807) is 12.1 Å². The Hall–Kier alpha value is -2.27. The minimum atomic E-state index is -0.489. The Bertz CT molecular complexity index is 677. The summed E-state index contributed by atoms with van der Waals surface area (Å²) in [6.45, 7) is 2.29. The summed E-state index contributed by atoms with van der Waals surface area (Å²) in [7, 11) is 0. The number of nitrogens with two attached hydrogens (primary N) is 1. The molecule has 0 atom stereocenters. The lowest BCUT2D eigenvalue weighted by Crippen LogP contribution is -2.13. The fourth-order valence-corrected chi connectivity index (χ4v) is 1.96. The Kier molecular flexibility index (Phi) is 4.65. The van der Waals surface area contributed by atoms with E-state index >= 15 is 0 Å². The van der Waals surface area contributed by atoms with Crippen LogP contribution in [0.25, 0.3) is 0 Å². The highest BCUT2D eigenvalue weighted by Crippen LogP contribution is 2.24. The third kappa shape index (κ3) is 3.86. The molecule has 110 valence electrons. The smallest absolute Gasteiger partial charge is 0.255 e. The first-order chi connectivity index (χ1) is 9.99. The Morgan fingerprint density at radius 1 is 1.33 bits per heavy atom. The third-order valence-electron chi connectivity index (χ3n) is 2.68. The molecule has 0 aliphatic rings. The molecular weight excluding hydrogens is 295 g/mol. The zero-order valence-corrected chi connectivity index (χ0v) is 12.1. The van der Waals surface area contributed by atoms with Crippen LogP contribution in [0.1, 0.15) is 17.3 Å². The summed E-state index contributed by atoms with van der Waals surface area (Å²) in [5.74, 6) is -0.443. The lowest BCUT2D eigenvalue weighted by Gasteiger charge is -2.10. The predicted molar refractivity (Wildman–Crippen MR) is 81.4 cm³/mol. The normalized spacial score (nSPS) is 10.2. The van der Waals surface area contributed by atoms with Crippen LogP contribution >= 0.6 is 11.6 Å². The van der Waals surface area contributed by atoms with Gasteiger partial charge in [-0.3, -0.25) is 4.79 Å². The molecule has 0 saturated carbocycles. The van der Waals surface area contributed by atoms with E-state index < -0.39 is 11.7 Å². The average Bonchev–Trinajstić information content (AvgIpc) is 2.42. The van der Waals surface area contributed by atoms with Gasteiger partial charge < -0.3 is 15.8 Å². The molecule has 2 aromatic rings. The van der Waals surface area contributed by atoms with Gasteiger partial charge in [0.2, 0.25) is 0 Å². The topological polar surface area (TPSA) is 64.3 Å². The molecule has 2 rings (SSSR count). The molecule has 0 bridgehead atoms. The highest BCUT2D eigenvalue weighted by Gasteiger charge is 2.11. The van der Waals surface area contributed by atoms with Crippen LogP contribution < -0.4 is 15.8 Å². The lowest BCUT2D eigenvalue weighted by atomic mass is 10.1. The number of ether oxygens (including phenoxy) is 1. The van der Waals surface area contributed by atoms with Crippen LogP contribution in [0.15, 0.2) is 36.4 Å². The molecule has 0 heterocycles. The number of nitrogen functional groups attached to an aromatic ring is 1. The van der Waals surface area contributed by atoms with Crippen molar-refractivity contribution in [3.05, 3.63) is 52.8 Å². The molecule has 6 heteroatoms. The molecule has 4 nitrogen and oxygen atoms in total. The van der Waals surface area contributed by atoms with E-state index in [1.165, 1.54) is 18.2 Å². The number of benzene rings is 2. The van der Waals surface area contributed by atoms with Crippen molar-refractivity contribution < 1.29 is 13.9 Å². The second-order valence-electron chi connectivity index (χ2n) is 4.30. The first kappa shape index (κ1) is 15.1. The first-order valence-corrected chi connectivity index (χ1v) is 6.67. The first-order valence-electron chi connectivity index (χ1n) is 6.29. The second-order valence-corrected chi connectivity index (χ2v) is 4.71. The monoisotopic (exact) mass is 308 g/mol. The van der Waals surface area contributed by atoms with Crippen LogP contribution in [-0.4, -0.2) is 12.5 Å². The zero-order chi connectivity index (χ0) is 15.4. The molecule has 0 aliphatic heterocycles. The van der Waals surface area contributed by atoms with Crippen molar-refractivity contribution in [2.75, 3.05) is 17.7 Å². The van der Waals surface area contributed by atoms with Crippen molar-refractivity contribution in [3.8, 4) is 5.75 Å². The predicted octanol–water partition coefficient (Wildman–Crippen LogP) is 3.71. The minimum Gasteiger partial charge on any atom is -0.494 e. The highest BCUT2D eigenvalue weighted by molar-refractivity contribution is 6.33. The van der Waals surface area contributed by atoms with E-state index in [4.69, 9.17) is 22.1 Å². The molecule has 0 aliphatic carbocycles. The number of rotatable bonds is 4. The van der Waals surface area contributed by atoms with Gasteiger partial charge in [0.15, 0.2) is 0 Å². The fraction of sp³-hybridized carbons (Fsp3) is 0.133. The van der Waals surface area contributed by atoms with Gasteiger partial charge in [-0.15, -0.1) is 0 Å². The van der Waals surface area contributed by atoms with E-state index in [0.29, 0.717) is 23.6 Å². The maximum absolute atomic E-state index is 13.2. The molecule has 3 N–H and O–H groups in total. The molecule has 0 radical (unpaired) electrons. The van der Waals surface area contributed by atoms with Crippen LogP contribution in [0.4, 0.5) is 15.8 Å². The second kappa shape index (κ2) is 6.45. The van der Waals surface area contributed by atoms with Crippen molar-refractivity contribution in [1.82, 2.24) is 0 Å². The van der Waals surface area contributed by atoms with E-state index in [0.717, 1.165) is 6.07 Å². The van der Waals surface area contributed by atoms with Crippen LogP contribution in [0, 0.1) is 5.82 Å². The number of hydrogen-bond acceptors (Lipinski definition) is 3. The Labute approximate surface area is 126 Å². The van der Waals surface area contributed by atoms with E-state index in [-0.39, 0.29) is 10.7 Å². The van der Waals surface area contributed by atoms with Gasteiger partial charge in [0.25, 0.3) is 5.91 Å². The van der Waals surface area contributed by atoms with Gasteiger partial charge in [-0.1, -0.05) is 11.6 Å². The van der Waals surface area contributed by atoms with Crippen molar-refractivity contribution >= 4 is 28.9 Å². The molecule has 0 aromatic heterocycles. The zero-order valence-electron chi connectivity index (χ0n) is 11.3. The number of nitrogens with one attached hydrogen (secondary N) is 1. The summed E-state index contributed by atoms with van der Waals surface area (Å²) >= 11 is 5.91. The number of halogens is 2. The summed E-state index contributed by atoms with van der Waals surface area (Å²) in [5.41, 5.74) is 6.63. The average molecular weight is 309 g/mol. The van der Waals surface area contributed by atoms with Crippen molar-refractivity contribution in [2.24, 2.45) is 0 Å². The summed E-state index contributed by atoms with van der Waals surface area (Å²) in [4.78, 5) is 12.2. The van der Waals surface area contributed by atoms with Crippen LogP contribution in [0.3, 0.4) is 0 Å². The van der Waals surface area contributed by atoms with Crippen LogP contribution in [0.5, 0.6) is 5.75 Å². The maximum Gasteiger partial charge on any atom is 0.255 e. The molecule has 2 aromatic carbocycles. The summed E-state index contributed by atoms with van der Waals surface area (Å²) < 4.78 is 18.5. The number of hydrogen-bond donors (Lipinski definition) is 2. The van der Waals surface area contributed by atoms with Gasteiger partial charge in [-0.2, -0.15) is 0 Å². The van der Waals surface area contributed by atoms with Gasteiger partial charge in [0.1, 0.15) is 11.6 Å². The van der Waals surface area contributed by atoms with Crippen LogP contribution in [0.2, 0.25) is 5.02 Å².